The zero-order chi connectivity index (χ0) is 7.94. The Balaban J connectivity index is 2.28. The predicted molar refractivity (Wildman–Crippen MR) is 49.6 cm³/mol. The van der Waals surface area contributed by atoms with E-state index >= 15 is 0 Å². The summed E-state index contributed by atoms with van der Waals surface area (Å²) in [5.41, 5.74) is 0. The second kappa shape index (κ2) is 5.46. The molecule has 1 aromatic rings. The highest BCUT2D eigenvalue weighted by Gasteiger charge is 1.92. The molecule has 0 fully saturated rings. The normalized spacial score (nSPS) is 9.91. The van der Waals surface area contributed by atoms with Crippen molar-refractivity contribution >= 4 is 21.6 Å². The molecule has 0 unspecified atom stereocenters. The van der Waals surface area contributed by atoms with Gasteiger partial charge in [-0.25, -0.2) is 4.98 Å². The molecule has 0 N–H and O–H groups in total. The minimum absolute atomic E-state index is 0.696. The van der Waals surface area contributed by atoms with E-state index < -0.39 is 0 Å². The van der Waals surface area contributed by atoms with Gasteiger partial charge in [-0.1, -0.05) is 16.9 Å². The first-order chi connectivity index (χ1) is 5.43. The van der Waals surface area contributed by atoms with Gasteiger partial charge in [0.2, 0.25) is 0 Å². The molecule has 11 heavy (non-hydrogen) atoms. The molecular formula is C7H9NOS2. The molecule has 60 valence electrons. The Hall–Kier alpha value is -0.190. The molecule has 0 aliphatic rings. The lowest BCUT2D eigenvalue weighted by Crippen LogP contribution is -1.78. The summed E-state index contributed by atoms with van der Waals surface area (Å²) in [6.07, 6.45) is 1.79. The zero-order valence-corrected chi connectivity index (χ0v) is 7.82. The van der Waals surface area contributed by atoms with Crippen LogP contribution in [0.2, 0.25) is 0 Å². The van der Waals surface area contributed by atoms with Crippen LogP contribution in [0.3, 0.4) is 0 Å². The Morgan fingerprint density at radius 2 is 2.45 bits per heavy atom. The van der Waals surface area contributed by atoms with Crippen molar-refractivity contribution in [1.82, 2.24) is 4.98 Å². The number of nitrogens with zero attached hydrogens (tertiary/aromatic N) is 1. The van der Waals surface area contributed by atoms with E-state index in [0.717, 1.165) is 5.03 Å². The fraction of sp³-hybridized carbons (Fsp3) is 0.286. The van der Waals surface area contributed by atoms with Crippen LogP contribution in [0.1, 0.15) is 0 Å². The topological polar surface area (TPSA) is 22.1 Å². The number of rotatable bonds is 4. The van der Waals surface area contributed by atoms with Crippen LogP contribution in [-0.2, 0) is 4.74 Å². The average molecular weight is 187 g/mol. The number of methoxy groups -OCH3 is 1. The van der Waals surface area contributed by atoms with Gasteiger partial charge in [0.1, 0.15) is 11.0 Å². The van der Waals surface area contributed by atoms with Crippen LogP contribution in [0.5, 0.6) is 0 Å². The van der Waals surface area contributed by atoms with Crippen molar-refractivity contribution in [3.8, 4) is 0 Å². The molecule has 1 aromatic heterocycles. The lowest BCUT2D eigenvalue weighted by molar-refractivity contribution is 0.260. The molecule has 0 spiro atoms. The molecule has 0 atom stereocenters. The van der Waals surface area contributed by atoms with E-state index in [0.29, 0.717) is 5.94 Å². The highest BCUT2D eigenvalue weighted by Crippen LogP contribution is 2.28. The fourth-order valence-electron chi connectivity index (χ4n) is 0.529. The van der Waals surface area contributed by atoms with Gasteiger partial charge in [0.15, 0.2) is 0 Å². The van der Waals surface area contributed by atoms with Crippen molar-refractivity contribution < 1.29 is 4.74 Å². The molecule has 2 nitrogen and oxygen atoms in total. The number of hydrogen-bond donors (Lipinski definition) is 0. The summed E-state index contributed by atoms with van der Waals surface area (Å²) in [5, 5.41) is 1.02. The minimum atomic E-state index is 0.696. The maximum atomic E-state index is 4.88. The monoisotopic (exact) mass is 187 g/mol. The van der Waals surface area contributed by atoms with E-state index in [1.54, 1.807) is 34.9 Å². The molecule has 0 saturated carbocycles. The Morgan fingerprint density at radius 1 is 1.55 bits per heavy atom. The molecule has 0 amide bonds. The van der Waals surface area contributed by atoms with Crippen LogP contribution >= 0.6 is 21.6 Å². The molecule has 0 bridgehead atoms. The highest BCUT2D eigenvalue weighted by molar-refractivity contribution is 8.76. The van der Waals surface area contributed by atoms with Gasteiger partial charge in [-0.05, 0) is 22.9 Å². The summed E-state index contributed by atoms with van der Waals surface area (Å²) in [7, 11) is 4.95. The standard InChI is InChI=1S/C7H9NOS2/c1-9-6-10-11-7-4-2-3-5-8-7/h2-5H,6H2,1H3. The van der Waals surface area contributed by atoms with Crippen LogP contribution in [0.25, 0.3) is 0 Å². The van der Waals surface area contributed by atoms with Crippen molar-refractivity contribution in [1.29, 1.82) is 0 Å². The number of pyridine rings is 1. The SMILES string of the molecule is COCSSc1ccccn1. The second-order valence-corrected chi connectivity index (χ2v) is 4.04. The van der Waals surface area contributed by atoms with Crippen LogP contribution < -0.4 is 0 Å². The summed E-state index contributed by atoms with van der Waals surface area (Å²) in [4.78, 5) is 4.14. The van der Waals surface area contributed by atoms with Crippen molar-refractivity contribution in [3.63, 3.8) is 0 Å². The van der Waals surface area contributed by atoms with Gasteiger partial charge in [0.05, 0.1) is 0 Å². The van der Waals surface area contributed by atoms with Crippen LogP contribution in [-0.4, -0.2) is 18.0 Å². The summed E-state index contributed by atoms with van der Waals surface area (Å²) in [5.74, 6) is 0.696. The smallest absolute Gasteiger partial charge is 0.107 e. The van der Waals surface area contributed by atoms with E-state index in [-0.39, 0.29) is 0 Å². The molecule has 1 heterocycles. The molecule has 0 saturated heterocycles. The Morgan fingerprint density at radius 3 is 3.09 bits per heavy atom. The van der Waals surface area contributed by atoms with Crippen molar-refractivity contribution in [3.05, 3.63) is 24.4 Å². The van der Waals surface area contributed by atoms with Gasteiger partial charge in [0.25, 0.3) is 0 Å². The van der Waals surface area contributed by atoms with Gasteiger partial charge in [-0.15, -0.1) is 0 Å². The average Bonchev–Trinajstić information content (AvgIpc) is 2.07. The maximum Gasteiger partial charge on any atom is 0.107 e. The van der Waals surface area contributed by atoms with E-state index in [9.17, 15) is 0 Å². The number of hydrogen-bond acceptors (Lipinski definition) is 4. The van der Waals surface area contributed by atoms with Crippen molar-refractivity contribution in [2.45, 2.75) is 5.03 Å². The van der Waals surface area contributed by atoms with Crippen LogP contribution in [0.15, 0.2) is 29.4 Å². The largest absolute Gasteiger partial charge is 0.373 e. The summed E-state index contributed by atoms with van der Waals surface area (Å²) in [6, 6.07) is 5.86. The third-order valence-electron chi connectivity index (χ3n) is 0.948. The highest BCUT2D eigenvalue weighted by atomic mass is 33.1. The summed E-state index contributed by atoms with van der Waals surface area (Å²) < 4.78 is 4.88. The number of aromatic nitrogens is 1. The molecule has 0 aliphatic carbocycles. The fourth-order valence-corrected chi connectivity index (χ4v) is 2.12. The van der Waals surface area contributed by atoms with Crippen molar-refractivity contribution in [2.75, 3.05) is 13.0 Å². The van der Waals surface area contributed by atoms with E-state index in [2.05, 4.69) is 4.98 Å². The van der Waals surface area contributed by atoms with E-state index in [1.807, 2.05) is 18.2 Å². The third-order valence-corrected chi connectivity index (χ3v) is 2.96. The first-order valence-corrected chi connectivity index (χ1v) is 5.45. The van der Waals surface area contributed by atoms with E-state index in [4.69, 9.17) is 4.74 Å². The quantitative estimate of drug-likeness (QED) is 0.410. The maximum absolute atomic E-state index is 4.88. The first-order valence-electron chi connectivity index (χ1n) is 3.13. The third kappa shape index (κ3) is 3.65. The molecule has 1 rings (SSSR count). The van der Waals surface area contributed by atoms with Crippen molar-refractivity contribution in [2.24, 2.45) is 0 Å². The zero-order valence-electron chi connectivity index (χ0n) is 6.19. The van der Waals surface area contributed by atoms with Crippen LogP contribution in [0, 0.1) is 0 Å². The van der Waals surface area contributed by atoms with Gasteiger partial charge in [0, 0.05) is 13.3 Å². The summed E-state index contributed by atoms with van der Waals surface area (Å²) in [6.45, 7) is 0. The van der Waals surface area contributed by atoms with E-state index in [1.165, 1.54) is 0 Å². The van der Waals surface area contributed by atoms with Gasteiger partial charge in [-0.2, -0.15) is 0 Å². The minimum Gasteiger partial charge on any atom is -0.373 e. The predicted octanol–water partition coefficient (Wildman–Crippen LogP) is 2.43. The lowest BCUT2D eigenvalue weighted by Gasteiger charge is -1.96. The first kappa shape index (κ1) is 8.90. The Labute approximate surface area is 74.1 Å². The molecule has 0 radical (unpaired) electrons. The van der Waals surface area contributed by atoms with Gasteiger partial charge < -0.3 is 4.74 Å². The second-order valence-electron chi connectivity index (χ2n) is 1.78. The summed E-state index contributed by atoms with van der Waals surface area (Å²) >= 11 is 0. The number of ether oxygens (including phenoxy) is 1. The molecule has 0 aromatic carbocycles. The van der Waals surface area contributed by atoms with Crippen LogP contribution in [0.4, 0.5) is 0 Å². The molecule has 4 heteroatoms. The Kier molecular flexibility index (Phi) is 4.42. The molecular weight excluding hydrogens is 178 g/mol. The van der Waals surface area contributed by atoms with Gasteiger partial charge >= 0.3 is 0 Å². The molecule has 0 aliphatic heterocycles. The lowest BCUT2D eigenvalue weighted by atomic mass is 10.5. The van der Waals surface area contributed by atoms with Gasteiger partial charge in [-0.3, -0.25) is 0 Å². The Bertz CT molecular complexity index is 193.